The Morgan fingerprint density at radius 2 is 1.74 bits per heavy atom. The highest BCUT2D eigenvalue weighted by Gasteiger charge is 2.49. The van der Waals surface area contributed by atoms with E-state index in [-0.39, 0.29) is 22.0 Å². The number of amides is 1. The second-order valence-corrected chi connectivity index (χ2v) is 7.83. The van der Waals surface area contributed by atoms with Crippen molar-refractivity contribution in [3.63, 3.8) is 0 Å². The number of benzene rings is 2. The van der Waals surface area contributed by atoms with Crippen LogP contribution in [0.3, 0.4) is 0 Å². The first-order valence-corrected chi connectivity index (χ1v) is 10.5. The van der Waals surface area contributed by atoms with Crippen molar-refractivity contribution in [2.45, 2.75) is 13.0 Å². The number of aromatic nitrogens is 1. The maximum atomic E-state index is 13.3. The van der Waals surface area contributed by atoms with Crippen molar-refractivity contribution in [2.24, 2.45) is 0 Å². The third kappa shape index (κ3) is 3.84. The molecule has 9 nitrogen and oxygen atoms in total. The Bertz CT molecular complexity index is 1310. The van der Waals surface area contributed by atoms with E-state index >= 15 is 0 Å². The molecular formula is C24H21ClN2O7. The molecule has 3 aromatic rings. The standard InChI is InChI=1S/C24H21ClN2O7/c1-12-9-19(26-34-12)27-21(15-11-14(31-2)6-8-17(15)32-3)20(23(29)24(27)30)22(28)13-5-7-18(33-4)16(25)10-13/h5-11,21,28H,1-4H3. The highest BCUT2D eigenvalue weighted by molar-refractivity contribution is 6.51. The van der Waals surface area contributed by atoms with Crippen molar-refractivity contribution in [1.29, 1.82) is 0 Å². The number of aliphatic hydroxyl groups excluding tert-OH is 1. The number of carbonyl (C=O) groups excluding carboxylic acids is 2. The Morgan fingerprint density at radius 3 is 2.32 bits per heavy atom. The number of nitrogens with zero attached hydrogens (tertiary/aromatic N) is 2. The molecule has 0 spiro atoms. The van der Waals surface area contributed by atoms with Gasteiger partial charge < -0.3 is 23.8 Å². The zero-order valence-corrected chi connectivity index (χ0v) is 19.5. The molecule has 1 saturated heterocycles. The van der Waals surface area contributed by atoms with Crippen LogP contribution in [0.5, 0.6) is 17.2 Å². The minimum Gasteiger partial charge on any atom is -0.507 e. The van der Waals surface area contributed by atoms with E-state index in [1.54, 1.807) is 31.2 Å². The van der Waals surface area contributed by atoms with E-state index in [9.17, 15) is 14.7 Å². The van der Waals surface area contributed by atoms with Gasteiger partial charge in [0.05, 0.1) is 31.9 Å². The van der Waals surface area contributed by atoms with Gasteiger partial charge in [-0.25, -0.2) is 0 Å². The van der Waals surface area contributed by atoms with Gasteiger partial charge in [-0.05, 0) is 43.3 Å². The van der Waals surface area contributed by atoms with E-state index in [1.807, 2.05) is 0 Å². The Morgan fingerprint density at radius 1 is 1.03 bits per heavy atom. The molecule has 0 aliphatic carbocycles. The number of anilines is 1. The third-order valence-corrected chi connectivity index (χ3v) is 5.76. The van der Waals surface area contributed by atoms with Crippen LogP contribution >= 0.6 is 11.6 Å². The molecule has 0 radical (unpaired) electrons. The van der Waals surface area contributed by atoms with Gasteiger partial charge in [0.2, 0.25) is 0 Å². The number of ether oxygens (including phenoxy) is 3. The van der Waals surface area contributed by atoms with Gasteiger partial charge in [-0.15, -0.1) is 0 Å². The number of hydrogen-bond donors (Lipinski definition) is 1. The van der Waals surface area contributed by atoms with Crippen molar-refractivity contribution >= 4 is 34.9 Å². The fourth-order valence-corrected chi connectivity index (χ4v) is 4.11. The fourth-order valence-electron chi connectivity index (χ4n) is 3.85. The van der Waals surface area contributed by atoms with Crippen LogP contribution in [-0.4, -0.2) is 43.3 Å². The normalized spacial score (nSPS) is 17.2. The lowest BCUT2D eigenvalue weighted by Crippen LogP contribution is -2.30. The summed E-state index contributed by atoms with van der Waals surface area (Å²) in [4.78, 5) is 27.6. The molecule has 1 amide bonds. The lowest BCUT2D eigenvalue weighted by atomic mass is 9.94. The van der Waals surface area contributed by atoms with E-state index in [0.717, 1.165) is 4.90 Å². The quantitative estimate of drug-likeness (QED) is 0.313. The largest absolute Gasteiger partial charge is 0.507 e. The SMILES string of the molecule is COc1ccc(OC)c(C2C(=C(O)c3ccc(OC)c(Cl)c3)C(=O)C(=O)N2c2cc(C)on2)c1. The van der Waals surface area contributed by atoms with Crippen molar-refractivity contribution in [1.82, 2.24) is 5.16 Å². The summed E-state index contributed by atoms with van der Waals surface area (Å²) in [6, 6.07) is 9.92. The van der Waals surface area contributed by atoms with Crippen molar-refractivity contribution in [3.05, 3.63) is 69.9 Å². The Labute approximate surface area is 200 Å². The smallest absolute Gasteiger partial charge is 0.301 e. The van der Waals surface area contributed by atoms with Crippen LogP contribution in [0.25, 0.3) is 5.76 Å². The lowest BCUT2D eigenvalue weighted by Gasteiger charge is -2.24. The van der Waals surface area contributed by atoms with Crippen molar-refractivity contribution in [3.8, 4) is 17.2 Å². The summed E-state index contributed by atoms with van der Waals surface area (Å²) >= 11 is 6.23. The molecule has 2 heterocycles. The summed E-state index contributed by atoms with van der Waals surface area (Å²) in [5, 5.41) is 15.4. The molecule has 0 bridgehead atoms. The van der Waals surface area contributed by atoms with E-state index in [4.69, 9.17) is 30.3 Å². The van der Waals surface area contributed by atoms with Crippen molar-refractivity contribution < 1.29 is 33.4 Å². The number of hydrogen-bond acceptors (Lipinski definition) is 8. The zero-order chi connectivity index (χ0) is 24.6. The van der Waals surface area contributed by atoms with E-state index in [1.165, 1.54) is 39.5 Å². The first kappa shape index (κ1) is 23.2. The van der Waals surface area contributed by atoms with E-state index in [2.05, 4.69) is 5.16 Å². The second-order valence-electron chi connectivity index (χ2n) is 7.42. The highest BCUT2D eigenvalue weighted by atomic mass is 35.5. The van der Waals surface area contributed by atoms with E-state index < -0.39 is 23.5 Å². The Balaban J connectivity index is 2.00. The van der Waals surface area contributed by atoms with Crippen LogP contribution in [-0.2, 0) is 9.59 Å². The number of methoxy groups -OCH3 is 3. The molecular weight excluding hydrogens is 464 g/mol. The average Bonchev–Trinajstić information content (AvgIpc) is 3.38. The second kappa shape index (κ2) is 9.11. The fraction of sp³-hybridized carbons (Fsp3) is 0.208. The van der Waals surface area contributed by atoms with Crippen LogP contribution in [0.4, 0.5) is 5.82 Å². The van der Waals surface area contributed by atoms with Crippen LogP contribution in [0.15, 0.2) is 52.6 Å². The van der Waals surface area contributed by atoms with Gasteiger partial charge in [0.15, 0.2) is 5.82 Å². The lowest BCUT2D eigenvalue weighted by molar-refractivity contribution is -0.132. The first-order valence-electron chi connectivity index (χ1n) is 10.1. The van der Waals surface area contributed by atoms with Gasteiger partial charge in [-0.2, -0.15) is 0 Å². The van der Waals surface area contributed by atoms with Gasteiger partial charge in [-0.1, -0.05) is 16.8 Å². The molecule has 1 fully saturated rings. The molecule has 176 valence electrons. The van der Waals surface area contributed by atoms with Gasteiger partial charge >= 0.3 is 5.91 Å². The molecule has 34 heavy (non-hydrogen) atoms. The van der Waals surface area contributed by atoms with Crippen LogP contribution < -0.4 is 19.1 Å². The van der Waals surface area contributed by atoms with Crippen LogP contribution in [0.2, 0.25) is 5.02 Å². The number of carbonyl (C=O) groups is 2. The van der Waals surface area contributed by atoms with Crippen molar-refractivity contribution in [2.75, 3.05) is 26.2 Å². The Hall–Kier alpha value is -3.98. The molecule has 4 rings (SSSR count). The van der Waals surface area contributed by atoms with Gasteiger partial charge in [0.25, 0.3) is 5.78 Å². The summed E-state index contributed by atoms with van der Waals surface area (Å²) in [5.41, 5.74) is 0.466. The average molecular weight is 485 g/mol. The molecule has 1 atom stereocenters. The molecule has 0 saturated carbocycles. The minimum absolute atomic E-state index is 0.112. The minimum atomic E-state index is -1.09. The predicted molar refractivity (Wildman–Crippen MR) is 124 cm³/mol. The number of halogens is 1. The maximum absolute atomic E-state index is 13.3. The molecule has 1 aromatic heterocycles. The summed E-state index contributed by atoms with van der Waals surface area (Å²) in [6.45, 7) is 1.66. The highest BCUT2D eigenvalue weighted by Crippen LogP contribution is 2.46. The number of aliphatic hydroxyl groups is 1. The topological polar surface area (TPSA) is 111 Å². The summed E-state index contributed by atoms with van der Waals surface area (Å²) in [5.74, 6) is -0.425. The summed E-state index contributed by atoms with van der Waals surface area (Å²) < 4.78 is 21.2. The first-order chi connectivity index (χ1) is 16.3. The van der Waals surface area contributed by atoms with Crippen LogP contribution in [0.1, 0.15) is 22.9 Å². The number of ketones is 1. The monoisotopic (exact) mass is 484 g/mol. The number of rotatable bonds is 6. The summed E-state index contributed by atoms with van der Waals surface area (Å²) in [6.07, 6.45) is 0. The molecule has 1 aliphatic rings. The molecule has 1 unspecified atom stereocenters. The zero-order valence-electron chi connectivity index (χ0n) is 18.8. The summed E-state index contributed by atoms with van der Waals surface area (Å²) in [7, 11) is 4.41. The van der Waals surface area contributed by atoms with Gasteiger partial charge in [0, 0.05) is 17.2 Å². The predicted octanol–water partition coefficient (Wildman–Crippen LogP) is 4.29. The van der Waals surface area contributed by atoms with E-state index in [0.29, 0.717) is 28.6 Å². The Kier molecular flexibility index (Phi) is 6.21. The number of Topliss-reactive ketones (excluding diaryl/α,β-unsaturated/α-hetero) is 1. The molecule has 1 N–H and O–H groups in total. The van der Waals surface area contributed by atoms with Gasteiger partial charge in [0.1, 0.15) is 34.8 Å². The molecule has 10 heteroatoms. The molecule has 2 aromatic carbocycles. The third-order valence-electron chi connectivity index (χ3n) is 5.46. The van der Waals surface area contributed by atoms with Crippen LogP contribution in [0, 0.1) is 6.92 Å². The number of aryl methyl sites for hydroxylation is 1. The maximum Gasteiger partial charge on any atom is 0.301 e. The molecule has 1 aliphatic heterocycles. The van der Waals surface area contributed by atoms with Gasteiger partial charge in [-0.3, -0.25) is 14.5 Å².